The van der Waals surface area contributed by atoms with Gasteiger partial charge >= 0.3 is 0 Å². The van der Waals surface area contributed by atoms with Crippen LogP contribution in [0.3, 0.4) is 0 Å². The van der Waals surface area contributed by atoms with Crippen molar-refractivity contribution in [3.05, 3.63) is 54.1 Å². The van der Waals surface area contributed by atoms with Gasteiger partial charge in [0.05, 0.1) is 16.8 Å². The molecule has 1 aliphatic heterocycles. The number of nitrogens with one attached hydrogen (secondary N) is 1. The number of aryl methyl sites for hydroxylation is 1. The smallest absolute Gasteiger partial charge is 0.229 e. The van der Waals surface area contributed by atoms with Crippen LogP contribution in [0.4, 0.5) is 11.4 Å². The zero-order valence-corrected chi connectivity index (χ0v) is 20.5. The van der Waals surface area contributed by atoms with Crippen molar-refractivity contribution in [3.63, 3.8) is 0 Å². The lowest BCUT2D eigenvalue weighted by atomic mass is 10.1. The molecule has 9 heteroatoms. The Balaban J connectivity index is 1.43. The summed E-state index contributed by atoms with van der Waals surface area (Å²) in [5.41, 5.74) is 2.35. The number of nitrogens with zero attached hydrogens (tertiary/aromatic N) is 2. The molecule has 1 aliphatic rings. The minimum absolute atomic E-state index is 0.00122. The highest BCUT2D eigenvalue weighted by Crippen LogP contribution is 2.25. The fourth-order valence-electron chi connectivity index (χ4n) is 4.05. The summed E-state index contributed by atoms with van der Waals surface area (Å²) in [6.45, 7) is 5.32. The average molecular weight is 480 g/mol. The van der Waals surface area contributed by atoms with Crippen molar-refractivity contribution in [2.24, 2.45) is 0 Å². The fraction of sp³-hybridized carbons (Fsp3) is 0.478. The molecule has 0 atom stereocenters. The highest BCUT2D eigenvalue weighted by Gasteiger charge is 2.18. The number of hydrogen-bond donors (Lipinski definition) is 1. The number of sulfone groups is 1. The van der Waals surface area contributed by atoms with Crippen LogP contribution in [-0.2, 0) is 26.3 Å². The van der Waals surface area contributed by atoms with E-state index < -0.39 is 19.9 Å². The molecule has 1 heterocycles. The van der Waals surface area contributed by atoms with Crippen LogP contribution < -0.4 is 9.62 Å². The van der Waals surface area contributed by atoms with Crippen LogP contribution in [0, 0.1) is 0 Å². The van der Waals surface area contributed by atoms with Gasteiger partial charge in [-0.2, -0.15) is 0 Å². The average Bonchev–Trinajstić information content (AvgIpc) is 2.73. The van der Waals surface area contributed by atoms with Crippen molar-refractivity contribution in [2.75, 3.05) is 54.9 Å². The first-order valence-corrected chi connectivity index (χ1v) is 14.7. The molecule has 7 nitrogen and oxygen atoms in total. The summed E-state index contributed by atoms with van der Waals surface area (Å²) in [6.07, 6.45) is 6.04. The van der Waals surface area contributed by atoms with Crippen molar-refractivity contribution in [3.8, 4) is 0 Å². The molecule has 0 spiro atoms. The molecule has 2 aromatic rings. The number of hydrogen-bond acceptors (Lipinski definition) is 6. The van der Waals surface area contributed by atoms with Crippen LogP contribution in [0.25, 0.3) is 0 Å². The quantitative estimate of drug-likeness (QED) is 0.527. The third-order valence-corrected chi connectivity index (χ3v) is 7.42. The summed E-state index contributed by atoms with van der Waals surface area (Å²) >= 11 is 0. The zero-order chi connectivity index (χ0) is 23.2. The monoisotopic (exact) mass is 479 g/mol. The molecule has 0 bridgehead atoms. The second-order valence-electron chi connectivity index (χ2n) is 8.45. The van der Waals surface area contributed by atoms with Gasteiger partial charge in [-0.15, -0.1) is 0 Å². The van der Waals surface area contributed by atoms with Crippen LogP contribution in [-0.4, -0.2) is 67.0 Å². The highest BCUT2D eigenvalue weighted by molar-refractivity contribution is 7.92. The van der Waals surface area contributed by atoms with E-state index in [9.17, 15) is 16.8 Å². The van der Waals surface area contributed by atoms with Gasteiger partial charge in [0.1, 0.15) is 0 Å². The van der Waals surface area contributed by atoms with Crippen LogP contribution in [0.1, 0.15) is 24.8 Å². The number of rotatable bonds is 10. The normalized spacial score (nSPS) is 15.6. The summed E-state index contributed by atoms with van der Waals surface area (Å²) in [5.74, 6) is 0. The second kappa shape index (κ2) is 10.7. The number of sulfonamides is 1. The maximum absolute atomic E-state index is 12.0. The van der Waals surface area contributed by atoms with E-state index in [1.54, 1.807) is 12.1 Å². The minimum atomic E-state index is -3.56. The maximum atomic E-state index is 12.0. The molecule has 3 rings (SSSR count). The molecular weight excluding hydrogens is 446 g/mol. The molecule has 1 fully saturated rings. The lowest BCUT2D eigenvalue weighted by molar-refractivity contribution is 0.252. The number of benzene rings is 2. The largest absolute Gasteiger partial charge is 0.369 e. The van der Waals surface area contributed by atoms with Crippen LogP contribution in [0.5, 0.6) is 0 Å². The zero-order valence-electron chi connectivity index (χ0n) is 18.8. The Bertz CT molecular complexity index is 1100. The predicted octanol–water partition coefficient (Wildman–Crippen LogP) is 3.00. The van der Waals surface area contributed by atoms with Crippen molar-refractivity contribution < 1.29 is 16.8 Å². The number of para-hydroxylation sites is 1. The fourth-order valence-corrected chi connectivity index (χ4v) is 5.50. The molecule has 176 valence electrons. The standard InChI is InChI=1S/C23H33N3O4S2/c1-31(27,28)23-13-12-20(19-22(23)24-32(2,29)30)9-5-4-8-14-25-15-17-26(18-16-25)21-10-6-3-7-11-21/h3,6-7,10-13,19,24H,4-5,8-9,14-18H2,1-2H3. The van der Waals surface area contributed by atoms with Gasteiger partial charge in [-0.1, -0.05) is 30.7 Å². The topological polar surface area (TPSA) is 86.8 Å². The summed E-state index contributed by atoms with van der Waals surface area (Å²) in [5, 5.41) is 0. The number of unbranched alkanes of at least 4 members (excludes halogenated alkanes) is 2. The second-order valence-corrected chi connectivity index (χ2v) is 12.2. The lowest BCUT2D eigenvalue weighted by Gasteiger charge is -2.36. The Labute approximate surface area is 192 Å². The van der Waals surface area contributed by atoms with Gasteiger partial charge in [0, 0.05) is 38.1 Å². The van der Waals surface area contributed by atoms with E-state index in [2.05, 4.69) is 38.8 Å². The Hall–Kier alpha value is -2.10. The highest BCUT2D eigenvalue weighted by atomic mass is 32.2. The first-order chi connectivity index (χ1) is 15.1. The number of piperazine rings is 1. The molecule has 32 heavy (non-hydrogen) atoms. The van der Waals surface area contributed by atoms with Gasteiger partial charge < -0.3 is 4.90 Å². The van der Waals surface area contributed by atoms with Crippen LogP contribution >= 0.6 is 0 Å². The van der Waals surface area contributed by atoms with E-state index in [1.165, 1.54) is 11.8 Å². The van der Waals surface area contributed by atoms with E-state index >= 15 is 0 Å². The molecule has 1 N–H and O–H groups in total. The molecule has 0 unspecified atom stereocenters. The van der Waals surface area contributed by atoms with Crippen molar-refractivity contribution >= 4 is 31.2 Å². The summed E-state index contributed by atoms with van der Waals surface area (Å²) in [7, 11) is -7.09. The maximum Gasteiger partial charge on any atom is 0.229 e. The SMILES string of the molecule is CS(=O)(=O)Nc1cc(CCCCCN2CCN(c3ccccc3)CC2)ccc1S(C)(=O)=O. The van der Waals surface area contributed by atoms with E-state index in [0.717, 1.165) is 76.5 Å². The lowest BCUT2D eigenvalue weighted by Crippen LogP contribution is -2.46. The van der Waals surface area contributed by atoms with E-state index in [4.69, 9.17) is 0 Å². The molecule has 1 saturated heterocycles. The summed E-state index contributed by atoms with van der Waals surface area (Å²) in [6, 6.07) is 15.4. The molecule has 0 aromatic heterocycles. The number of anilines is 2. The van der Waals surface area contributed by atoms with Gasteiger partial charge in [0.2, 0.25) is 10.0 Å². The first kappa shape index (κ1) is 24.5. The Morgan fingerprint density at radius 3 is 2.16 bits per heavy atom. The van der Waals surface area contributed by atoms with Gasteiger partial charge in [-0.3, -0.25) is 9.62 Å². The Kier molecular flexibility index (Phi) is 8.19. The van der Waals surface area contributed by atoms with Crippen LogP contribution in [0.2, 0.25) is 0 Å². The van der Waals surface area contributed by atoms with Gasteiger partial charge in [0.25, 0.3) is 0 Å². The van der Waals surface area contributed by atoms with Gasteiger partial charge in [-0.25, -0.2) is 16.8 Å². The Morgan fingerprint density at radius 1 is 0.844 bits per heavy atom. The van der Waals surface area contributed by atoms with Crippen molar-refractivity contribution in [1.29, 1.82) is 0 Å². The summed E-state index contributed by atoms with van der Waals surface area (Å²) < 4.78 is 49.5. The van der Waals surface area contributed by atoms with E-state index in [1.807, 2.05) is 6.07 Å². The van der Waals surface area contributed by atoms with Gasteiger partial charge in [-0.05, 0) is 55.6 Å². The molecular formula is C23H33N3O4S2. The molecule has 2 aromatic carbocycles. The van der Waals surface area contributed by atoms with Gasteiger partial charge in [0.15, 0.2) is 9.84 Å². The predicted molar refractivity (Wildman–Crippen MR) is 131 cm³/mol. The molecule has 0 amide bonds. The Morgan fingerprint density at radius 2 is 1.53 bits per heavy atom. The first-order valence-electron chi connectivity index (χ1n) is 10.9. The summed E-state index contributed by atoms with van der Waals surface area (Å²) in [4.78, 5) is 4.94. The van der Waals surface area contributed by atoms with E-state index in [0.29, 0.717) is 0 Å². The molecule has 0 radical (unpaired) electrons. The van der Waals surface area contributed by atoms with E-state index in [-0.39, 0.29) is 10.6 Å². The molecule has 0 saturated carbocycles. The molecule has 0 aliphatic carbocycles. The third kappa shape index (κ3) is 7.50. The van der Waals surface area contributed by atoms with Crippen molar-refractivity contribution in [1.82, 2.24) is 4.90 Å². The van der Waals surface area contributed by atoms with Crippen LogP contribution in [0.15, 0.2) is 53.4 Å². The van der Waals surface area contributed by atoms with Crippen molar-refractivity contribution in [2.45, 2.75) is 30.6 Å². The minimum Gasteiger partial charge on any atom is -0.369 e. The third-order valence-electron chi connectivity index (χ3n) is 5.67.